The van der Waals surface area contributed by atoms with E-state index in [1.54, 1.807) is 0 Å². The third kappa shape index (κ3) is 1.77. The summed E-state index contributed by atoms with van der Waals surface area (Å²) in [7, 11) is 0. The van der Waals surface area contributed by atoms with Gasteiger partial charge in [-0.3, -0.25) is 4.90 Å². The third-order valence-electron chi connectivity index (χ3n) is 5.27. The molecule has 0 aromatic heterocycles. The Morgan fingerprint density at radius 3 is 2.73 bits per heavy atom. The highest BCUT2D eigenvalue weighted by Crippen LogP contribution is 2.49. The van der Waals surface area contributed by atoms with Crippen LogP contribution in [0.2, 0.25) is 0 Å². The molecule has 4 aliphatic rings. The first-order chi connectivity index (χ1) is 10.2. The Morgan fingerprint density at radius 2 is 1.91 bits per heavy atom. The minimum Gasteiger partial charge on any atom is -1.00 e. The fraction of sp³-hybridized carbons (Fsp3) is 0.500. The van der Waals surface area contributed by atoms with Gasteiger partial charge in [0.25, 0.3) is 0 Å². The summed E-state index contributed by atoms with van der Waals surface area (Å²) in [5.41, 5.74) is 3.54. The number of ether oxygens (including phenoxy) is 2. The lowest BCUT2D eigenvalue weighted by Gasteiger charge is -2.44. The van der Waals surface area contributed by atoms with Crippen LogP contribution >= 0.6 is 0 Å². The van der Waals surface area contributed by atoms with Crippen LogP contribution in [-0.2, 0) is 6.54 Å². The van der Waals surface area contributed by atoms with Crippen molar-refractivity contribution in [1.82, 2.24) is 4.90 Å². The highest BCUT2D eigenvalue weighted by molar-refractivity contribution is 5.53. The van der Waals surface area contributed by atoms with Crippen molar-refractivity contribution in [2.45, 2.75) is 37.1 Å². The molecule has 0 amide bonds. The zero-order valence-corrected chi connectivity index (χ0v) is 12.7. The highest BCUT2D eigenvalue weighted by atomic mass is 35.5. The van der Waals surface area contributed by atoms with E-state index in [-0.39, 0.29) is 31.2 Å². The van der Waals surface area contributed by atoms with Crippen LogP contribution in [-0.4, -0.2) is 46.7 Å². The number of aliphatic hydroxyl groups is 2. The molecule has 0 radical (unpaired) electrons. The molecule has 1 unspecified atom stereocenters. The van der Waals surface area contributed by atoms with Crippen LogP contribution in [0, 0.1) is 0 Å². The van der Waals surface area contributed by atoms with Crippen LogP contribution in [0.25, 0.3) is 0 Å². The number of fused-ring (bicyclic) bond motifs is 3. The van der Waals surface area contributed by atoms with Gasteiger partial charge in [0.05, 0.1) is 12.2 Å². The Kier molecular flexibility index (Phi) is 3.17. The molecule has 1 fully saturated rings. The van der Waals surface area contributed by atoms with Gasteiger partial charge in [0.1, 0.15) is 0 Å². The summed E-state index contributed by atoms with van der Waals surface area (Å²) in [6.45, 7) is 2.11. The molecule has 2 N–H and O–H groups in total. The zero-order valence-electron chi connectivity index (χ0n) is 11.9. The van der Waals surface area contributed by atoms with E-state index in [0.717, 1.165) is 36.6 Å². The first kappa shape index (κ1) is 14.3. The van der Waals surface area contributed by atoms with Crippen molar-refractivity contribution < 1.29 is 32.1 Å². The second-order valence-corrected chi connectivity index (χ2v) is 6.32. The minimum atomic E-state index is -0.780. The van der Waals surface area contributed by atoms with Crippen molar-refractivity contribution in [2.24, 2.45) is 0 Å². The summed E-state index contributed by atoms with van der Waals surface area (Å²) in [4.78, 5) is 2.40. The summed E-state index contributed by atoms with van der Waals surface area (Å²) >= 11 is 0. The first-order valence-corrected chi connectivity index (χ1v) is 7.45. The summed E-state index contributed by atoms with van der Waals surface area (Å²) in [6, 6.07) is 4.25. The van der Waals surface area contributed by atoms with Gasteiger partial charge >= 0.3 is 0 Å². The molecular weight excluding hydrogens is 306 g/mol. The van der Waals surface area contributed by atoms with Gasteiger partial charge in [-0.1, -0.05) is 11.6 Å². The van der Waals surface area contributed by atoms with Crippen molar-refractivity contribution in [3.8, 4) is 11.5 Å². The van der Waals surface area contributed by atoms with Gasteiger partial charge in [-0.25, -0.2) is 0 Å². The molecule has 3 heterocycles. The van der Waals surface area contributed by atoms with Gasteiger partial charge in [-0.05, 0) is 29.7 Å². The monoisotopic (exact) mass is 322 g/mol. The van der Waals surface area contributed by atoms with Crippen molar-refractivity contribution in [1.29, 1.82) is 0 Å². The number of benzene rings is 1. The second kappa shape index (κ2) is 4.86. The summed E-state index contributed by atoms with van der Waals surface area (Å²) in [6.07, 6.45) is 1.28. The summed E-state index contributed by atoms with van der Waals surface area (Å²) < 4.78 is 10.9. The van der Waals surface area contributed by atoms with Crippen LogP contribution in [0.5, 0.6) is 11.5 Å². The fourth-order valence-electron chi connectivity index (χ4n) is 4.35. The Hall–Kier alpha value is -1.27. The maximum absolute atomic E-state index is 10.5. The maximum Gasteiger partial charge on any atom is 0.231 e. The predicted octanol–water partition coefficient (Wildman–Crippen LogP) is -2.25. The smallest absolute Gasteiger partial charge is 0.231 e. The lowest BCUT2D eigenvalue weighted by atomic mass is 9.73. The topological polar surface area (TPSA) is 62.2 Å². The molecule has 1 aromatic rings. The van der Waals surface area contributed by atoms with Crippen molar-refractivity contribution in [3.63, 3.8) is 0 Å². The number of rotatable bonds is 0. The predicted molar refractivity (Wildman–Crippen MR) is 74.2 cm³/mol. The van der Waals surface area contributed by atoms with Gasteiger partial charge in [-0.15, -0.1) is 0 Å². The fourth-order valence-corrected chi connectivity index (χ4v) is 4.35. The Labute approximate surface area is 134 Å². The largest absolute Gasteiger partial charge is 1.00 e. The van der Waals surface area contributed by atoms with E-state index in [2.05, 4.69) is 4.90 Å². The van der Waals surface area contributed by atoms with Crippen molar-refractivity contribution >= 4 is 0 Å². The lowest BCUT2D eigenvalue weighted by molar-refractivity contribution is -0.00157. The van der Waals surface area contributed by atoms with E-state index in [0.29, 0.717) is 0 Å². The van der Waals surface area contributed by atoms with E-state index < -0.39 is 12.2 Å². The molecule has 0 bridgehead atoms. The van der Waals surface area contributed by atoms with Crippen molar-refractivity contribution in [3.05, 3.63) is 34.9 Å². The highest BCUT2D eigenvalue weighted by Gasteiger charge is 2.48. The second-order valence-electron chi connectivity index (χ2n) is 6.32. The van der Waals surface area contributed by atoms with Crippen LogP contribution in [0.15, 0.2) is 23.8 Å². The van der Waals surface area contributed by atoms with E-state index in [1.807, 2.05) is 18.2 Å². The minimum absolute atomic E-state index is 0. The molecule has 1 aromatic carbocycles. The van der Waals surface area contributed by atoms with E-state index in [1.165, 1.54) is 11.1 Å². The molecule has 3 aliphatic heterocycles. The zero-order chi connectivity index (χ0) is 14.1. The maximum atomic E-state index is 10.5. The van der Waals surface area contributed by atoms with E-state index >= 15 is 0 Å². The SMILES string of the molecule is O[C@@H]1[C@@H](O)C=C2CCN3Cc4cc5c(cc4[C@H]1C23)OCO5.[Cl-]. The van der Waals surface area contributed by atoms with Gasteiger partial charge in [0, 0.05) is 25.0 Å². The molecule has 0 saturated carbocycles. The molecule has 5 rings (SSSR count). The number of hydrogen-bond donors (Lipinski definition) is 2. The molecular formula is C16H17ClNO4-. The van der Waals surface area contributed by atoms with Crippen LogP contribution in [0.3, 0.4) is 0 Å². The molecule has 1 aliphatic carbocycles. The standard InChI is InChI=1S/C16H17NO4.ClH/c18-11-3-8-1-2-17-6-9-4-12-13(21-7-20-12)5-10(9)14(15(8)17)16(11)19;/h3-5,11,14-16,18-19H,1-2,6-7H2;1H/p-1/t11-,14-,15?,16+;/m0./s1. The Morgan fingerprint density at radius 1 is 1.14 bits per heavy atom. The van der Waals surface area contributed by atoms with E-state index in [4.69, 9.17) is 9.47 Å². The van der Waals surface area contributed by atoms with Gasteiger partial charge in [0.15, 0.2) is 11.5 Å². The molecule has 5 nitrogen and oxygen atoms in total. The summed E-state index contributed by atoms with van der Waals surface area (Å²) in [5.74, 6) is 1.45. The Balaban J connectivity index is 0.00000125. The van der Waals surface area contributed by atoms with Crippen molar-refractivity contribution in [2.75, 3.05) is 13.3 Å². The molecule has 22 heavy (non-hydrogen) atoms. The van der Waals surface area contributed by atoms with Crippen LogP contribution in [0.4, 0.5) is 0 Å². The first-order valence-electron chi connectivity index (χ1n) is 7.45. The Bertz CT molecular complexity index is 662. The van der Waals surface area contributed by atoms with Gasteiger partial charge in [-0.2, -0.15) is 0 Å². The normalized spacial score (nSPS) is 34.5. The number of halogens is 1. The molecule has 1 saturated heterocycles. The third-order valence-corrected chi connectivity index (χ3v) is 5.27. The molecule has 0 spiro atoms. The average Bonchev–Trinajstić information content (AvgIpc) is 3.08. The van der Waals surface area contributed by atoms with Gasteiger partial charge in [0.2, 0.25) is 6.79 Å². The average molecular weight is 323 g/mol. The van der Waals surface area contributed by atoms with Crippen LogP contribution < -0.4 is 21.9 Å². The molecule has 4 atom stereocenters. The number of aliphatic hydroxyl groups excluding tert-OH is 2. The van der Waals surface area contributed by atoms with Gasteiger partial charge < -0.3 is 32.1 Å². The lowest BCUT2D eigenvalue weighted by Crippen LogP contribution is -3.00. The number of nitrogens with zero attached hydrogens (tertiary/aromatic N) is 1. The van der Waals surface area contributed by atoms with Crippen LogP contribution in [0.1, 0.15) is 23.5 Å². The molecule has 6 heteroatoms. The molecule has 118 valence electrons. The quantitative estimate of drug-likeness (QED) is 0.529. The van der Waals surface area contributed by atoms with E-state index in [9.17, 15) is 10.2 Å². The number of hydrogen-bond acceptors (Lipinski definition) is 5. The summed E-state index contributed by atoms with van der Waals surface area (Å²) in [5, 5.41) is 20.7.